The van der Waals surface area contributed by atoms with Crippen molar-refractivity contribution in [3.63, 3.8) is 0 Å². The molecule has 0 rings (SSSR count). The zero-order chi connectivity index (χ0) is 2.71. The minimum atomic E-state index is -0.278. The van der Waals surface area contributed by atoms with E-state index in [1.165, 1.54) is 0 Å². The molecular weight excluding hydrogens is 86.5 g/mol. The number of hydrogen-bond acceptors (Lipinski definition) is 1. The van der Waals surface area contributed by atoms with Gasteiger partial charge in [-0.3, -0.25) is 0 Å². The Morgan fingerprint density at radius 3 is 1.75 bits per heavy atom. The molecule has 0 fully saturated rings. The van der Waals surface area contributed by atoms with Crippen molar-refractivity contribution in [3.8, 4) is 0 Å². The van der Waals surface area contributed by atoms with E-state index in [0.29, 0.717) is 0 Å². The SMILES string of the molecule is OCCl.[NaH]. The average Bonchev–Trinajstić information content (AvgIpc) is 0.918. The Kier molecular flexibility index (Phi) is 19.9. The Morgan fingerprint density at radius 2 is 1.75 bits per heavy atom. The monoisotopic (exact) mass is 90.0 g/mol. The van der Waals surface area contributed by atoms with Gasteiger partial charge in [-0.1, -0.05) is 11.6 Å². The fourth-order valence-corrected chi connectivity index (χ4v) is 0. The molecule has 0 aromatic rings. The van der Waals surface area contributed by atoms with Crippen LogP contribution in [0.1, 0.15) is 0 Å². The molecule has 0 saturated carbocycles. The molecule has 0 radical (unpaired) electrons. The Balaban J connectivity index is 0. The molecule has 0 atom stereocenters. The molecule has 1 N–H and O–H groups in total. The van der Waals surface area contributed by atoms with Gasteiger partial charge in [-0.25, -0.2) is 0 Å². The van der Waals surface area contributed by atoms with Crippen LogP contribution < -0.4 is 0 Å². The summed E-state index contributed by atoms with van der Waals surface area (Å²) in [6.07, 6.45) is 0. The van der Waals surface area contributed by atoms with Crippen molar-refractivity contribution in [2.75, 3.05) is 6.07 Å². The van der Waals surface area contributed by atoms with Gasteiger partial charge in [0, 0.05) is 0 Å². The molecule has 0 unspecified atom stereocenters. The standard InChI is InChI=1S/CH3ClO.Na.H/c2-1-3;;/h3H,1H2;;. The molecule has 0 aromatic heterocycles. The molecule has 1 nitrogen and oxygen atoms in total. The fourth-order valence-electron chi connectivity index (χ4n) is 0. The zero-order valence-electron chi connectivity index (χ0n) is 1.53. The summed E-state index contributed by atoms with van der Waals surface area (Å²) in [5.41, 5.74) is 0. The number of aliphatic hydroxyl groups excluding tert-OH is 1. The molecule has 0 aliphatic heterocycles. The topological polar surface area (TPSA) is 20.2 Å². The van der Waals surface area contributed by atoms with E-state index in [1.54, 1.807) is 0 Å². The van der Waals surface area contributed by atoms with Gasteiger partial charge >= 0.3 is 29.6 Å². The Bertz CT molecular complexity index is 8.00. The number of aliphatic hydroxyl groups is 1. The summed E-state index contributed by atoms with van der Waals surface area (Å²) in [6, 6.07) is -0.278. The number of hydrogen-bond donors (Lipinski definition) is 1. The van der Waals surface area contributed by atoms with Crippen molar-refractivity contribution < 1.29 is 5.11 Å². The first-order chi connectivity index (χ1) is 1.41. The molecule has 0 saturated heterocycles. The van der Waals surface area contributed by atoms with Gasteiger partial charge in [0.15, 0.2) is 0 Å². The van der Waals surface area contributed by atoms with Crippen molar-refractivity contribution in [3.05, 3.63) is 0 Å². The summed E-state index contributed by atoms with van der Waals surface area (Å²) in [5, 5.41) is 7.33. The number of halogens is 1. The molecule has 4 heavy (non-hydrogen) atoms. The summed E-state index contributed by atoms with van der Waals surface area (Å²) >= 11 is 4.55. The predicted octanol–water partition coefficient (Wildman–Crippen LogP) is -0.474. The van der Waals surface area contributed by atoms with Crippen molar-refractivity contribution in [2.24, 2.45) is 0 Å². The maximum absolute atomic E-state index is 7.33. The summed E-state index contributed by atoms with van der Waals surface area (Å²) in [6.45, 7) is 0. The van der Waals surface area contributed by atoms with Crippen molar-refractivity contribution in [1.82, 2.24) is 0 Å². The second kappa shape index (κ2) is 8.87. The molecule has 0 amide bonds. The van der Waals surface area contributed by atoms with E-state index in [9.17, 15) is 0 Å². The molecule has 3 heteroatoms. The van der Waals surface area contributed by atoms with Gasteiger partial charge in [0.05, 0.1) is 0 Å². The van der Waals surface area contributed by atoms with Gasteiger partial charge in [-0.2, -0.15) is 0 Å². The Labute approximate surface area is 52.3 Å². The molecular formula is CH4ClNaO. The van der Waals surface area contributed by atoms with E-state index in [0.717, 1.165) is 0 Å². The van der Waals surface area contributed by atoms with Gasteiger partial charge in [-0.15, -0.1) is 0 Å². The second-order valence-corrected chi connectivity index (χ2v) is 0.359. The molecule has 0 aliphatic rings. The van der Waals surface area contributed by atoms with Crippen LogP contribution in [0.15, 0.2) is 0 Å². The molecule has 0 heterocycles. The number of alkyl halides is 1. The van der Waals surface area contributed by atoms with Crippen LogP contribution in [0, 0.1) is 0 Å². The molecule has 0 aromatic carbocycles. The van der Waals surface area contributed by atoms with E-state index < -0.39 is 0 Å². The van der Waals surface area contributed by atoms with Crippen LogP contribution in [0.25, 0.3) is 0 Å². The summed E-state index contributed by atoms with van der Waals surface area (Å²) in [4.78, 5) is 0. The summed E-state index contributed by atoms with van der Waals surface area (Å²) in [7, 11) is 0. The van der Waals surface area contributed by atoms with Crippen LogP contribution in [0.4, 0.5) is 0 Å². The van der Waals surface area contributed by atoms with E-state index in [1.807, 2.05) is 0 Å². The fraction of sp³-hybridized carbons (Fsp3) is 1.00. The van der Waals surface area contributed by atoms with Crippen LogP contribution >= 0.6 is 11.6 Å². The first-order valence-corrected chi connectivity index (χ1v) is 1.12. The van der Waals surface area contributed by atoms with Crippen LogP contribution in [0.2, 0.25) is 0 Å². The van der Waals surface area contributed by atoms with E-state index in [-0.39, 0.29) is 35.6 Å². The molecule has 0 aliphatic carbocycles. The van der Waals surface area contributed by atoms with Gasteiger partial charge in [0.25, 0.3) is 0 Å². The van der Waals surface area contributed by atoms with Crippen molar-refractivity contribution in [1.29, 1.82) is 0 Å². The van der Waals surface area contributed by atoms with Crippen LogP contribution in [0.5, 0.6) is 0 Å². The van der Waals surface area contributed by atoms with Crippen LogP contribution in [-0.4, -0.2) is 40.7 Å². The first-order valence-electron chi connectivity index (χ1n) is 0.583. The molecule has 0 spiro atoms. The predicted molar refractivity (Wildman–Crippen MR) is 20.1 cm³/mol. The van der Waals surface area contributed by atoms with Gasteiger partial charge in [0.1, 0.15) is 6.07 Å². The second-order valence-electron chi connectivity index (χ2n) is 0.120. The van der Waals surface area contributed by atoms with E-state index in [2.05, 4.69) is 11.6 Å². The van der Waals surface area contributed by atoms with E-state index in [4.69, 9.17) is 5.11 Å². The average molecular weight is 90.5 g/mol. The van der Waals surface area contributed by atoms with Crippen molar-refractivity contribution in [2.45, 2.75) is 0 Å². The maximum atomic E-state index is 7.33. The zero-order valence-corrected chi connectivity index (χ0v) is 2.29. The number of rotatable bonds is 0. The molecule has 0 bridgehead atoms. The van der Waals surface area contributed by atoms with Crippen LogP contribution in [0.3, 0.4) is 0 Å². The molecule has 22 valence electrons. The van der Waals surface area contributed by atoms with E-state index >= 15 is 0 Å². The van der Waals surface area contributed by atoms with Crippen molar-refractivity contribution >= 4 is 41.2 Å². The first kappa shape index (κ1) is 8.98. The van der Waals surface area contributed by atoms with Gasteiger partial charge in [-0.05, 0) is 0 Å². The Morgan fingerprint density at radius 1 is 1.75 bits per heavy atom. The third-order valence-electron chi connectivity index (χ3n) is 0. The normalized spacial score (nSPS) is 4.50. The third-order valence-corrected chi connectivity index (χ3v) is 0. The summed E-state index contributed by atoms with van der Waals surface area (Å²) < 4.78 is 0. The quantitative estimate of drug-likeness (QED) is 0.315. The Hall–Kier alpha value is 1.25. The van der Waals surface area contributed by atoms with Crippen LogP contribution in [-0.2, 0) is 0 Å². The minimum absolute atomic E-state index is 0. The third kappa shape index (κ3) is 10.5. The van der Waals surface area contributed by atoms with Gasteiger partial charge in [0.2, 0.25) is 0 Å². The summed E-state index contributed by atoms with van der Waals surface area (Å²) in [5.74, 6) is 0. The van der Waals surface area contributed by atoms with Gasteiger partial charge < -0.3 is 5.11 Å².